The van der Waals surface area contributed by atoms with Crippen LogP contribution in [0.4, 0.5) is 0 Å². The molecule has 0 aromatic carbocycles. The highest BCUT2D eigenvalue weighted by atomic mass is 32.2. The number of nitrogens with zero attached hydrogens (tertiary/aromatic N) is 2. The smallest absolute Gasteiger partial charge is 0.185 e. The molecule has 2 aliphatic rings. The Kier molecular flexibility index (Phi) is 3.12. The SMILES string of the molecule is O=C(c1cnccn1)C1CC2CCCC(C1)S2(=O)=O. The molecule has 19 heavy (non-hydrogen) atoms. The summed E-state index contributed by atoms with van der Waals surface area (Å²) >= 11 is 0. The summed E-state index contributed by atoms with van der Waals surface area (Å²) in [5, 5.41) is -0.656. The van der Waals surface area contributed by atoms with Crippen LogP contribution in [0.3, 0.4) is 0 Å². The van der Waals surface area contributed by atoms with Gasteiger partial charge in [0.05, 0.1) is 16.7 Å². The Hall–Kier alpha value is -1.30. The Bertz CT molecular complexity index is 565. The number of hydrogen-bond acceptors (Lipinski definition) is 5. The number of carbonyl (C=O) groups excluding carboxylic acids is 1. The van der Waals surface area contributed by atoms with Gasteiger partial charge >= 0.3 is 0 Å². The molecule has 0 spiro atoms. The number of aromatic nitrogens is 2. The van der Waals surface area contributed by atoms with E-state index in [0.717, 1.165) is 6.42 Å². The van der Waals surface area contributed by atoms with Gasteiger partial charge in [-0.05, 0) is 25.7 Å². The summed E-state index contributed by atoms with van der Waals surface area (Å²) in [6, 6.07) is 0. The maximum atomic E-state index is 12.3. The van der Waals surface area contributed by atoms with Crippen LogP contribution in [-0.4, -0.2) is 34.7 Å². The minimum atomic E-state index is -3.00. The van der Waals surface area contributed by atoms with Crippen molar-refractivity contribution in [1.82, 2.24) is 9.97 Å². The second kappa shape index (κ2) is 4.67. The zero-order chi connectivity index (χ0) is 13.5. The molecule has 3 heterocycles. The van der Waals surface area contributed by atoms with E-state index in [9.17, 15) is 13.2 Å². The van der Waals surface area contributed by atoms with Crippen LogP contribution in [-0.2, 0) is 9.84 Å². The average molecular weight is 280 g/mol. The predicted molar refractivity (Wildman–Crippen MR) is 69.4 cm³/mol. The lowest BCUT2D eigenvalue weighted by atomic mass is 9.86. The number of rotatable bonds is 2. The number of Topliss-reactive ketones (excluding diaryl/α,β-unsaturated/α-hetero) is 1. The lowest BCUT2D eigenvalue weighted by Gasteiger charge is -2.37. The van der Waals surface area contributed by atoms with E-state index in [-0.39, 0.29) is 22.2 Å². The second-order valence-corrected chi connectivity index (χ2v) is 7.90. The van der Waals surface area contributed by atoms with Crippen molar-refractivity contribution in [3.8, 4) is 0 Å². The summed E-state index contributed by atoms with van der Waals surface area (Å²) in [6.45, 7) is 0. The lowest BCUT2D eigenvalue weighted by Crippen LogP contribution is -2.45. The van der Waals surface area contributed by atoms with Crippen LogP contribution >= 0.6 is 0 Å². The molecule has 2 saturated heterocycles. The van der Waals surface area contributed by atoms with Crippen molar-refractivity contribution in [2.24, 2.45) is 5.92 Å². The number of fused-ring (bicyclic) bond motifs is 2. The first-order valence-corrected chi connectivity index (χ1v) is 8.23. The molecule has 1 aromatic rings. The summed E-state index contributed by atoms with van der Waals surface area (Å²) in [5.74, 6) is -0.268. The van der Waals surface area contributed by atoms with Gasteiger partial charge in [-0.25, -0.2) is 13.4 Å². The summed E-state index contributed by atoms with van der Waals surface area (Å²) in [5.41, 5.74) is 0.352. The molecule has 6 heteroatoms. The van der Waals surface area contributed by atoms with E-state index in [1.54, 1.807) is 0 Å². The van der Waals surface area contributed by atoms with Gasteiger partial charge in [0, 0.05) is 18.3 Å². The molecule has 2 atom stereocenters. The quantitative estimate of drug-likeness (QED) is 0.765. The first kappa shape index (κ1) is 12.7. The molecule has 0 aliphatic carbocycles. The van der Waals surface area contributed by atoms with Crippen LogP contribution in [0, 0.1) is 5.92 Å². The minimum Gasteiger partial charge on any atom is -0.292 e. The standard InChI is InChI=1S/C13H16N2O3S/c16-13(12-8-14-4-5-15-12)9-6-10-2-1-3-11(7-9)19(10,17)18/h4-5,8-11H,1-3,6-7H2. The van der Waals surface area contributed by atoms with E-state index in [1.807, 2.05) is 0 Å². The Labute approximate surface area is 112 Å². The molecule has 2 aliphatic heterocycles. The number of carbonyl (C=O) groups is 1. The Morgan fingerprint density at radius 2 is 1.84 bits per heavy atom. The summed E-state index contributed by atoms with van der Waals surface area (Å²) in [4.78, 5) is 20.3. The van der Waals surface area contributed by atoms with Gasteiger partial charge in [0.2, 0.25) is 0 Å². The Morgan fingerprint density at radius 1 is 1.16 bits per heavy atom. The van der Waals surface area contributed by atoms with Crippen molar-refractivity contribution in [3.05, 3.63) is 24.3 Å². The van der Waals surface area contributed by atoms with Gasteiger partial charge in [0.15, 0.2) is 15.6 Å². The van der Waals surface area contributed by atoms with E-state index < -0.39 is 9.84 Å². The van der Waals surface area contributed by atoms with Crippen LogP contribution in [0.25, 0.3) is 0 Å². The van der Waals surface area contributed by atoms with Gasteiger partial charge in [-0.15, -0.1) is 0 Å². The average Bonchev–Trinajstić information content (AvgIpc) is 2.37. The predicted octanol–water partition coefficient (Wildman–Crippen LogP) is 1.41. The highest BCUT2D eigenvalue weighted by Crippen LogP contribution is 2.40. The number of ketones is 1. The highest BCUT2D eigenvalue weighted by Gasteiger charge is 2.46. The molecule has 2 fully saturated rings. The largest absolute Gasteiger partial charge is 0.292 e. The van der Waals surface area contributed by atoms with E-state index >= 15 is 0 Å². The Morgan fingerprint density at radius 3 is 2.42 bits per heavy atom. The Balaban J connectivity index is 1.84. The topological polar surface area (TPSA) is 77.0 Å². The molecule has 3 rings (SSSR count). The van der Waals surface area contributed by atoms with Crippen LogP contribution in [0.2, 0.25) is 0 Å². The minimum absolute atomic E-state index is 0.0556. The maximum Gasteiger partial charge on any atom is 0.185 e. The second-order valence-electron chi connectivity index (χ2n) is 5.39. The van der Waals surface area contributed by atoms with Crippen molar-refractivity contribution >= 4 is 15.6 Å². The highest BCUT2D eigenvalue weighted by molar-refractivity contribution is 7.92. The van der Waals surface area contributed by atoms with Crippen molar-refractivity contribution in [2.75, 3.05) is 0 Å². The van der Waals surface area contributed by atoms with Gasteiger partial charge in [-0.1, -0.05) is 6.42 Å². The fourth-order valence-corrected chi connectivity index (χ4v) is 5.79. The van der Waals surface area contributed by atoms with Crippen LogP contribution in [0.15, 0.2) is 18.6 Å². The van der Waals surface area contributed by atoms with E-state index in [1.165, 1.54) is 18.6 Å². The first-order valence-electron chi connectivity index (χ1n) is 6.62. The number of sulfone groups is 1. The third kappa shape index (κ3) is 2.18. The van der Waals surface area contributed by atoms with Crippen molar-refractivity contribution in [1.29, 1.82) is 0 Å². The molecule has 5 nitrogen and oxygen atoms in total. The maximum absolute atomic E-state index is 12.3. The molecule has 2 unspecified atom stereocenters. The molecule has 2 bridgehead atoms. The fraction of sp³-hybridized carbons (Fsp3) is 0.615. The molecule has 102 valence electrons. The monoisotopic (exact) mass is 280 g/mol. The zero-order valence-corrected chi connectivity index (χ0v) is 11.3. The zero-order valence-electron chi connectivity index (χ0n) is 10.5. The van der Waals surface area contributed by atoms with Gasteiger partial charge in [0.1, 0.15) is 5.69 Å². The van der Waals surface area contributed by atoms with Crippen molar-refractivity contribution in [2.45, 2.75) is 42.6 Å². The number of hydrogen-bond donors (Lipinski definition) is 0. The molecular formula is C13H16N2O3S. The van der Waals surface area contributed by atoms with Crippen molar-refractivity contribution < 1.29 is 13.2 Å². The third-order valence-corrected chi connectivity index (χ3v) is 6.98. The first-order chi connectivity index (χ1) is 9.09. The van der Waals surface area contributed by atoms with E-state index in [0.29, 0.717) is 31.4 Å². The van der Waals surface area contributed by atoms with Gasteiger partial charge < -0.3 is 0 Å². The summed E-state index contributed by atoms with van der Waals surface area (Å²) in [7, 11) is -3.00. The van der Waals surface area contributed by atoms with Gasteiger partial charge in [-0.3, -0.25) is 9.78 Å². The fourth-order valence-electron chi connectivity index (χ4n) is 3.26. The molecule has 0 N–H and O–H groups in total. The normalized spacial score (nSPS) is 32.7. The molecule has 0 radical (unpaired) electrons. The van der Waals surface area contributed by atoms with Crippen LogP contribution in [0.1, 0.15) is 42.6 Å². The molecule has 0 saturated carbocycles. The van der Waals surface area contributed by atoms with E-state index in [2.05, 4.69) is 9.97 Å². The third-order valence-electron chi connectivity index (χ3n) is 4.26. The summed E-state index contributed by atoms with van der Waals surface area (Å²) < 4.78 is 24.3. The molecule has 1 aromatic heterocycles. The molecular weight excluding hydrogens is 264 g/mol. The van der Waals surface area contributed by atoms with Gasteiger partial charge in [0.25, 0.3) is 0 Å². The van der Waals surface area contributed by atoms with Crippen LogP contribution in [0.5, 0.6) is 0 Å². The van der Waals surface area contributed by atoms with Gasteiger partial charge in [-0.2, -0.15) is 0 Å². The van der Waals surface area contributed by atoms with Crippen LogP contribution < -0.4 is 0 Å². The summed E-state index contributed by atoms with van der Waals surface area (Å²) in [6.07, 6.45) is 7.74. The van der Waals surface area contributed by atoms with Crippen molar-refractivity contribution in [3.63, 3.8) is 0 Å². The van der Waals surface area contributed by atoms with E-state index in [4.69, 9.17) is 0 Å². The molecule has 0 amide bonds. The lowest BCUT2D eigenvalue weighted by molar-refractivity contribution is 0.0888.